The van der Waals surface area contributed by atoms with Crippen LogP contribution in [0.25, 0.3) is 0 Å². The zero-order valence-electron chi connectivity index (χ0n) is 10.2. The fraction of sp³-hybridized carbons (Fsp3) is 0.538. The van der Waals surface area contributed by atoms with Crippen molar-refractivity contribution in [3.63, 3.8) is 0 Å². The van der Waals surface area contributed by atoms with Gasteiger partial charge in [-0.15, -0.1) is 0 Å². The summed E-state index contributed by atoms with van der Waals surface area (Å²) in [5.74, 6) is -0.285. The maximum absolute atomic E-state index is 13.5. The molecule has 0 spiro atoms. The Balaban J connectivity index is 2.28. The highest BCUT2D eigenvalue weighted by molar-refractivity contribution is 5.29. The first-order valence-electron chi connectivity index (χ1n) is 5.88. The normalized spacial score (nSPS) is 25.0. The summed E-state index contributed by atoms with van der Waals surface area (Å²) < 4.78 is 50.8. The zero-order chi connectivity index (χ0) is 13.5. The Kier molecular flexibility index (Phi) is 3.36. The van der Waals surface area contributed by atoms with Crippen molar-refractivity contribution in [2.75, 3.05) is 7.05 Å². The van der Waals surface area contributed by atoms with Crippen LogP contribution >= 0.6 is 0 Å². The van der Waals surface area contributed by atoms with E-state index in [-0.39, 0.29) is 6.04 Å². The van der Waals surface area contributed by atoms with E-state index < -0.39 is 17.6 Å². The largest absolute Gasteiger partial charge is 0.419 e. The molecule has 1 aliphatic carbocycles. The van der Waals surface area contributed by atoms with Gasteiger partial charge in [0.25, 0.3) is 0 Å². The summed E-state index contributed by atoms with van der Waals surface area (Å²) >= 11 is 0. The summed E-state index contributed by atoms with van der Waals surface area (Å²) in [7, 11) is 1.74. The molecule has 100 valence electrons. The minimum Gasteiger partial charge on any atom is -0.313 e. The van der Waals surface area contributed by atoms with Crippen LogP contribution in [0.1, 0.15) is 30.5 Å². The third kappa shape index (κ3) is 2.51. The molecule has 0 heterocycles. The molecule has 5 heteroatoms. The molecule has 1 nitrogen and oxygen atoms in total. The van der Waals surface area contributed by atoms with Crippen molar-refractivity contribution in [3.05, 3.63) is 35.1 Å². The van der Waals surface area contributed by atoms with E-state index in [1.807, 2.05) is 0 Å². The van der Waals surface area contributed by atoms with Crippen LogP contribution < -0.4 is 5.32 Å². The highest BCUT2D eigenvalue weighted by atomic mass is 19.4. The summed E-state index contributed by atoms with van der Waals surface area (Å²) in [5.41, 5.74) is -0.623. The first-order chi connectivity index (χ1) is 8.34. The first kappa shape index (κ1) is 13.3. The second-order valence-electron chi connectivity index (χ2n) is 4.88. The van der Waals surface area contributed by atoms with Crippen molar-refractivity contribution < 1.29 is 17.6 Å². The monoisotopic (exact) mass is 261 g/mol. The van der Waals surface area contributed by atoms with Gasteiger partial charge < -0.3 is 5.32 Å². The Morgan fingerprint density at radius 2 is 1.94 bits per heavy atom. The fourth-order valence-electron chi connectivity index (χ4n) is 2.40. The van der Waals surface area contributed by atoms with Gasteiger partial charge in [0.2, 0.25) is 0 Å². The third-order valence-electron chi connectivity index (χ3n) is 3.57. The van der Waals surface area contributed by atoms with Crippen LogP contribution in [-0.4, -0.2) is 7.05 Å². The van der Waals surface area contributed by atoms with E-state index in [0.29, 0.717) is 17.4 Å². The van der Waals surface area contributed by atoms with Gasteiger partial charge in [-0.1, -0.05) is 13.0 Å². The number of alkyl halides is 3. The summed E-state index contributed by atoms with van der Waals surface area (Å²) in [6.07, 6.45) is -3.61. The number of halogens is 4. The van der Waals surface area contributed by atoms with Crippen LogP contribution in [0.5, 0.6) is 0 Å². The Hall–Kier alpha value is -1.10. The van der Waals surface area contributed by atoms with Gasteiger partial charge in [0.15, 0.2) is 0 Å². The molecule has 0 radical (unpaired) electrons. The molecule has 1 aliphatic rings. The number of nitrogens with one attached hydrogen (secondary N) is 1. The second kappa shape index (κ2) is 4.53. The van der Waals surface area contributed by atoms with Crippen LogP contribution in [0.3, 0.4) is 0 Å². The molecule has 18 heavy (non-hydrogen) atoms. The Morgan fingerprint density at radius 1 is 1.33 bits per heavy atom. The van der Waals surface area contributed by atoms with Gasteiger partial charge in [0.1, 0.15) is 5.82 Å². The quantitative estimate of drug-likeness (QED) is 0.817. The molecule has 3 unspecified atom stereocenters. The molecule has 1 saturated carbocycles. The molecule has 0 saturated heterocycles. The molecular weight excluding hydrogens is 246 g/mol. The highest BCUT2D eigenvalue weighted by Gasteiger charge is 2.40. The first-order valence-corrected chi connectivity index (χ1v) is 5.88. The zero-order valence-corrected chi connectivity index (χ0v) is 10.2. The van der Waals surface area contributed by atoms with Gasteiger partial charge in [-0.25, -0.2) is 4.39 Å². The average molecular weight is 261 g/mol. The molecule has 1 fully saturated rings. The molecular formula is C13H15F4N. The standard InChI is InChI=1S/C13H15F4N/c1-7-5-9(7)12(18-2)8-3-4-10(11(14)6-8)13(15,16)17/h3-4,6-7,9,12,18H,5H2,1-2H3. The molecule has 0 aromatic heterocycles. The van der Waals surface area contributed by atoms with Gasteiger partial charge in [-0.3, -0.25) is 0 Å². The summed E-state index contributed by atoms with van der Waals surface area (Å²) in [5, 5.41) is 3.05. The smallest absolute Gasteiger partial charge is 0.313 e. The molecule has 0 bridgehead atoms. The van der Waals surface area contributed by atoms with E-state index in [0.717, 1.165) is 18.6 Å². The van der Waals surface area contributed by atoms with Crippen LogP contribution in [-0.2, 0) is 6.18 Å². The minimum absolute atomic E-state index is 0.0724. The van der Waals surface area contributed by atoms with Gasteiger partial charge in [0, 0.05) is 6.04 Å². The molecule has 0 aliphatic heterocycles. The molecule has 2 rings (SSSR count). The topological polar surface area (TPSA) is 12.0 Å². The van der Waals surface area contributed by atoms with Crippen molar-refractivity contribution in [3.8, 4) is 0 Å². The Bertz CT molecular complexity index is 441. The van der Waals surface area contributed by atoms with Crippen LogP contribution in [0, 0.1) is 17.7 Å². The third-order valence-corrected chi connectivity index (χ3v) is 3.57. The van der Waals surface area contributed by atoms with E-state index in [4.69, 9.17) is 0 Å². The molecule has 3 atom stereocenters. The number of hydrogen-bond acceptors (Lipinski definition) is 1. The lowest BCUT2D eigenvalue weighted by Crippen LogP contribution is -2.20. The maximum Gasteiger partial charge on any atom is 0.419 e. The lowest BCUT2D eigenvalue weighted by molar-refractivity contribution is -0.140. The van der Waals surface area contributed by atoms with Gasteiger partial charge in [0.05, 0.1) is 5.56 Å². The molecule has 1 N–H and O–H groups in total. The molecule has 1 aromatic rings. The SMILES string of the molecule is CNC(c1ccc(C(F)(F)F)c(F)c1)C1CC1C. The summed E-state index contributed by atoms with van der Waals surface area (Å²) in [4.78, 5) is 0. The maximum atomic E-state index is 13.5. The second-order valence-corrected chi connectivity index (χ2v) is 4.88. The number of benzene rings is 1. The van der Waals surface area contributed by atoms with E-state index in [2.05, 4.69) is 12.2 Å². The van der Waals surface area contributed by atoms with Crippen LogP contribution in [0.4, 0.5) is 17.6 Å². The van der Waals surface area contributed by atoms with E-state index in [1.165, 1.54) is 6.07 Å². The predicted octanol–water partition coefficient (Wildman–Crippen LogP) is 3.76. The number of rotatable bonds is 3. The van der Waals surface area contributed by atoms with E-state index >= 15 is 0 Å². The van der Waals surface area contributed by atoms with Gasteiger partial charge in [-0.2, -0.15) is 13.2 Å². The van der Waals surface area contributed by atoms with Crippen molar-refractivity contribution in [1.29, 1.82) is 0 Å². The Labute approximate surface area is 103 Å². The molecule has 1 aromatic carbocycles. The summed E-state index contributed by atoms with van der Waals surface area (Å²) in [6, 6.07) is 3.10. The predicted molar refractivity (Wildman–Crippen MR) is 60.5 cm³/mol. The van der Waals surface area contributed by atoms with Crippen LogP contribution in [0.2, 0.25) is 0 Å². The minimum atomic E-state index is -4.63. The lowest BCUT2D eigenvalue weighted by atomic mass is 9.99. The van der Waals surface area contributed by atoms with Gasteiger partial charge >= 0.3 is 6.18 Å². The van der Waals surface area contributed by atoms with Crippen molar-refractivity contribution in [2.45, 2.75) is 25.6 Å². The van der Waals surface area contributed by atoms with Crippen molar-refractivity contribution in [1.82, 2.24) is 5.32 Å². The van der Waals surface area contributed by atoms with Gasteiger partial charge in [-0.05, 0) is 43.0 Å². The fourth-order valence-corrected chi connectivity index (χ4v) is 2.40. The van der Waals surface area contributed by atoms with E-state index in [1.54, 1.807) is 7.05 Å². The van der Waals surface area contributed by atoms with Crippen molar-refractivity contribution >= 4 is 0 Å². The molecule has 0 amide bonds. The van der Waals surface area contributed by atoms with Crippen molar-refractivity contribution in [2.24, 2.45) is 11.8 Å². The summed E-state index contributed by atoms with van der Waals surface area (Å²) in [6.45, 7) is 2.08. The van der Waals surface area contributed by atoms with Crippen LogP contribution in [0.15, 0.2) is 18.2 Å². The van der Waals surface area contributed by atoms with E-state index in [9.17, 15) is 17.6 Å². The lowest BCUT2D eigenvalue weighted by Gasteiger charge is -2.18. The Morgan fingerprint density at radius 3 is 2.33 bits per heavy atom. The number of hydrogen-bond donors (Lipinski definition) is 1. The average Bonchev–Trinajstić information content (AvgIpc) is 2.94. The highest BCUT2D eigenvalue weighted by Crippen LogP contribution is 2.47.